The van der Waals surface area contributed by atoms with E-state index in [2.05, 4.69) is 5.16 Å². The van der Waals surface area contributed by atoms with Crippen LogP contribution >= 0.6 is 0 Å². The van der Waals surface area contributed by atoms with Crippen molar-refractivity contribution in [2.75, 3.05) is 6.54 Å². The summed E-state index contributed by atoms with van der Waals surface area (Å²) in [5.41, 5.74) is 0. The van der Waals surface area contributed by atoms with Crippen molar-refractivity contribution in [3.8, 4) is 0 Å². The molecule has 0 aromatic carbocycles. The molecule has 2 heterocycles. The van der Waals surface area contributed by atoms with E-state index in [1.54, 1.807) is 0 Å². The molecule has 1 fully saturated rings. The second-order valence-corrected chi connectivity index (χ2v) is 4.21. The molecule has 1 N–H and O–H groups in total. The molecule has 1 saturated heterocycles. The number of carbonyl (C=O) groups is 1. The van der Waals surface area contributed by atoms with Crippen molar-refractivity contribution < 1.29 is 10.0 Å². The lowest BCUT2D eigenvalue weighted by molar-refractivity contribution is -0.125. The zero-order valence-electron chi connectivity index (χ0n) is 8.65. The monoisotopic (exact) mass is 216 g/mol. The van der Waals surface area contributed by atoms with E-state index >= 15 is 0 Å². The number of ketones is 1. The van der Waals surface area contributed by atoms with Gasteiger partial charge >= 0.3 is 0 Å². The molecule has 3 atom stereocenters. The highest BCUT2D eigenvalue weighted by Crippen LogP contribution is 2.33. The molecule has 0 spiro atoms. The molecule has 0 amide bonds. The van der Waals surface area contributed by atoms with E-state index in [0.29, 0.717) is 12.4 Å². The molecule has 16 heavy (non-hydrogen) atoms. The van der Waals surface area contributed by atoms with Crippen molar-refractivity contribution >= 4 is 11.6 Å². The number of allylic oxidation sites excluding steroid dienone is 3. The van der Waals surface area contributed by atoms with Crippen LogP contribution in [0.3, 0.4) is 0 Å². The van der Waals surface area contributed by atoms with Crippen molar-refractivity contribution in [2.45, 2.75) is 6.04 Å². The fourth-order valence-electron chi connectivity index (χ4n) is 2.64. The highest BCUT2D eigenvalue weighted by Gasteiger charge is 2.45. The molecule has 4 heteroatoms. The van der Waals surface area contributed by atoms with Crippen LogP contribution < -0.4 is 0 Å². The molecule has 3 unspecified atom stereocenters. The molecule has 3 aliphatic rings. The second-order valence-electron chi connectivity index (χ2n) is 4.21. The second kappa shape index (κ2) is 3.33. The first kappa shape index (κ1) is 9.39. The van der Waals surface area contributed by atoms with Crippen LogP contribution in [0.15, 0.2) is 41.6 Å². The van der Waals surface area contributed by atoms with Gasteiger partial charge in [0.25, 0.3) is 0 Å². The van der Waals surface area contributed by atoms with Crippen LogP contribution in [0.5, 0.6) is 0 Å². The molecule has 2 aliphatic heterocycles. The van der Waals surface area contributed by atoms with Gasteiger partial charge in [-0.3, -0.25) is 4.79 Å². The fourth-order valence-corrected chi connectivity index (χ4v) is 2.64. The predicted octanol–water partition coefficient (Wildman–Crippen LogP) is 0.956. The molecule has 1 aliphatic carbocycles. The zero-order chi connectivity index (χ0) is 11.1. The third kappa shape index (κ3) is 1.10. The van der Waals surface area contributed by atoms with Gasteiger partial charge in [0.1, 0.15) is 6.04 Å². The standard InChI is InChI=1S/C12H12N2O2/c15-11-8-4-1-2-5-9(8)12(13-16)14-7-3-6-10(11)14/h1-6,8-10,16H,7H2. The number of hydrogen-bond donors (Lipinski definition) is 1. The number of piperidine rings is 1. The van der Waals surface area contributed by atoms with Gasteiger partial charge in [-0.25, -0.2) is 0 Å². The Morgan fingerprint density at radius 2 is 2.00 bits per heavy atom. The fraction of sp³-hybridized carbons (Fsp3) is 0.333. The molecule has 0 bridgehead atoms. The Balaban J connectivity index is 2.05. The van der Waals surface area contributed by atoms with Gasteiger partial charge in [0.15, 0.2) is 11.6 Å². The van der Waals surface area contributed by atoms with E-state index in [1.807, 2.05) is 41.4 Å². The summed E-state index contributed by atoms with van der Waals surface area (Å²) in [7, 11) is 0. The summed E-state index contributed by atoms with van der Waals surface area (Å²) >= 11 is 0. The zero-order valence-corrected chi connectivity index (χ0v) is 8.65. The summed E-state index contributed by atoms with van der Waals surface area (Å²) in [6.45, 7) is 0.649. The van der Waals surface area contributed by atoms with Gasteiger partial charge in [-0.05, 0) is 0 Å². The maximum Gasteiger partial charge on any atom is 0.167 e. The summed E-state index contributed by atoms with van der Waals surface area (Å²) < 4.78 is 0. The number of Topliss-reactive ketones (excluding diaryl/α,β-unsaturated/α-hetero) is 1. The van der Waals surface area contributed by atoms with Crippen LogP contribution in [-0.4, -0.2) is 34.3 Å². The number of amidine groups is 1. The third-order valence-corrected chi connectivity index (χ3v) is 3.41. The van der Waals surface area contributed by atoms with Crippen molar-refractivity contribution in [1.29, 1.82) is 0 Å². The summed E-state index contributed by atoms with van der Waals surface area (Å²) in [5, 5.41) is 12.5. The highest BCUT2D eigenvalue weighted by molar-refractivity contribution is 6.04. The van der Waals surface area contributed by atoms with E-state index < -0.39 is 0 Å². The lowest BCUT2D eigenvalue weighted by Gasteiger charge is -2.39. The average molecular weight is 216 g/mol. The van der Waals surface area contributed by atoms with E-state index in [4.69, 9.17) is 5.21 Å². The molecular weight excluding hydrogens is 204 g/mol. The third-order valence-electron chi connectivity index (χ3n) is 3.41. The van der Waals surface area contributed by atoms with Crippen molar-refractivity contribution in [2.24, 2.45) is 17.0 Å². The van der Waals surface area contributed by atoms with E-state index in [-0.39, 0.29) is 23.7 Å². The number of carbonyl (C=O) groups excluding carboxylic acids is 1. The maximum absolute atomic E-state index is 12.2. The Morgan fingerprint density at radius 1 is 1.25 bits per heavy atom. The molecule has 4 nitrogen and oxygen atoms in total. The smallest absolute Gasteiger partial charge is 0.167 e. The summed E-state index contributed by atoms with van der Waals surface area (Å²) in [6.07, 6.45) is 11.4. The van der Waals surface area contributed by atoms with E-state index in [9.17, 15) is 4.79 Å². The summed E-state index contributed by atoms with van der Waals surface area (Å²) in [6, 6.07) is -0.247. The van der Waals surface area contributed by atoms with Gasteiger partial charge in [0.2, 0.25) is 0 Å². The summed E-state index contributed by atoms with van der Waals surface area (Å²) in [5.74, 6) is 0.491. The number of oxime groups is 1. The molecule has 82 valence electrons. The van der Waals surface area contributed by atoms with Crippen LogP contribution in [-0.2, 0) is 4.79 Å². The average Bonchev–Trinajstić information content (AvgIpc) is 2.79. The first-order valence-electron chi connectivity index (χ1n) is 5.37. The van der Waals surface area contributed by atoms with Crippen LogP contribution in [0.1, 0.15) is 0 Å². The van der Waals surface area contributed by atoms with Crippen molar-refractivity contribution in [1.82, 2.24) is 4.90 Å². The van der Waals surface area contributed by atoms with Gasteiger partial charge < -0.3 is 10.1 Å². The number of fused-ring (bicyclic) bond motifs is 2. The van der Waals surface area contributed by atoms with Gasteiger partial charge in [-0.2, -0.15) is 0 Å². The summed E-state index contributed by atoms with van der Waals surface area (Å²) in [4.78, 5) is 14.0. The molecule has 0 aromatic heterocycles. The van der Waals surface area contributed by atoms with E-state index in [0.717, 1.165) is 0 Å². The Kier molecular flexibility index (Phi) is 1.96. The highest BCUT2D eigenvalue weighted by atomic mass is 16.4. The number of hydrogen-bond acceptors (Lipinski definition) is 3. The SMILES string of the molecule is O=C1C2C=CC=CC2C(=NO)N2CC=CC12. The van der Waals surface area contributed by atoms with Gasteiger partial charge in [0, 0.05) is 6.54 Å². The van der Waals surface area contributed by atoms with Crippen molar-refractivity contribution in [3.63, 3.8) is 0 Å². The molecule has 0 aromatic rings. The molecular formula is C12H12N2O2. The Labute approximate surface area is 93.2 Å². The molecule has 0 saturated carbocycles. The van der Waals surface area contributed by atoms with E-state index in [1.165, 1.54) is 0 Å². The minimum atomic E-state index is -0.247. The largest absolute Gasteiger partial charge is 0.409 e. The minimum absolute atomic E-state index is 0.112. The first-order chi connectivity index (χ1) is 7.83. The Bertz CT molecular complexity index is 448. The molecule has 3 rings (SSSR count). The lowest BCUT2D eigenvalue weighted by atomic mass is 9.78. The van der Waals surface area contributed by atoms with Crippen LogP contribution in [0.2, 0.25) is 0 Å². The topological polar surface area (TPSA) is 52.9 Å². The predicted molar refractivity (Wildman–Crippen MR) is 59.1 cm³/mol. The maximum atomic E-state index is 12.2. The quantitative estimate of drug-likeness (QED) is 0.373. The van der Waals surface area contributed by atoms with Crippen LogP contribution in [0, 0.1) is 11.8 Å². The Morgan fingerprint density at radius 3 is 2.75 bits per heavy atom. The van der Waals surface area contributed by atoms with Gasteiger partial charge in [-0.15, -0.1) is 0 Å². The Hall–Kier alpha value is -1.84. The van der Waals surface area contributed by atoms with Crippen LogP contribution in [0.4, 0.5) is 0 Å². The molecule has 0 radical (unpaired) electrons. The lowest BCUT2D eigenvalue weighted by Crippen LogP contribution is -2.54. The normalized spacial score (nSPS) is 38.0. The van der Waals surface area contributed by atoms with Crippen molar-refractivity contribution in [3.05, 3.63) is 36.5 Å². The van der Waals surface area contributed by atoms with Gasteiger partial charge in [0.05, 0.1) is 11.8 Å². The van der Waals surface area contributed by atoms with Crippen LogP contribution in [0.25, 0.3) is 0 Å². The number of nitrogens with zero attached hydrogens (tertiary/aromatic N) is 2. The number of rotatable bonds is 0. The first-order valence-corrected chi connectivity index (χ1v) is 5.37. The van der Waals surface area contributed by atoms with Gasteiger partial charge in [-0.1, -0.05) is 41.6 Å². The minimum Gasteiger partial charge on any atom is -0.409 e.